The molecule has 0 aliphatic heterocycles. The second-order valence-corrected chi connectivity index (χ2v) is 6.52. The van der Waals surface area contributed by atoms with E-state index < -0.39 is 5.82 Å². The molecule has 3 aromatic rings. The summed E-state index contributed by atoms with van der Waals surface area (Å²) in [5.41, 5.74) is 1.26. The number of halogens is 2. The lowest BCUT2D eigenvalue weighted by molar-refractivity contribution is 0.124. The Morgan fingerprint density at radius 1 is 1.15 bits per heavy atom. The van der Waals surface area contributed by atoms with E-state index in [0.29, 0.717) is 18.2 Å². The highest BCUT2D eigenvalue weighted by Gasteiger charge is 2.16. The maximum Gasteiger partial charge on any atom is 0.255 e. The Balaban J connectivity index is 1.91. The van der Waals surface area contributed by atoms with Crippen molar-refractivity contribution in [1.29, 1.82) is 0 Å². The van der Waals surface area contributed by atoms with Crippen molar-refractivity contribution in [2.24, 2.45) is 0 Å². The number of anilines is 2. The van der Waals surface area contributed by atoms with Crippen LogP contribution in [-0.4, -0.2) is 42.1 Å². The highest BCUT2D eigenvalue weighted by atomic mass is 35.5. The first kappa shape index (κ1) is 18.5. The topological polar surface area (TPSA) is 41.5 Å². The van der Waals surface area contributed by atoms with Gasteiger partial charge in [0.25, 0.3) is 5.95 Å². The summed E-state index contributed by atoms with van der Waals surface area (Å²) in [6.45, 7) is 1.32. The van der Waals surface area contributed by atoms with Crippen molar-refractivity contribution in [3.05, 3.63) is 59.5 Å². The van der Waals surface area contributed by atoms with Crippen LogP contribution in [-0.2, 0) is 4.84 Å². The SMILES string of the molecule is CN(C)CCCON(c1ccc(Cl)c(F)c1)c1ncc2ccccc2n1. The van der Waals surface area contributed by atoms with Gasteiger partial charge in [-0.25, -0.2) is 14.4 Å². The van der Waals surface area contributed by atoms with Gasteiger partial charge in [-0.3, -0.25) is 4.84 Å². The zero-order valence-electron chi connectivity index (χ0n) is 14.7. The normalized spacial score (nSPS) is 11.3. The number of hydrogen-bond acceptors (Lipinski definition) is 5. The van der Waals surface area contributed by atoms with Crippen LogP contribution in [0.15, 0.2) is 48.7 Å². The van der Waals surface area contributed by atoms with Gasteiger partial charge < -0.3 is 4.90 Å². The van der Waals surface area contributed by atoms with E-state index in [1.807, 2.05) is 38.4 Å². The minimum atomic E-state index is -0.521. The highest BCUT2D eigenvalue weighted by Crippen LogP contribution is 2.27. The van der Waals surface area contributed by atoms with Crippen LogP contribution in [0.3, 0.4) is 0 Å². The van der Waals surface area contributed by atoms with Crippen LogP contribution in [0, 0.1) is 5.82 Å². The number of nitrogens with zero attached hydrogens (tertiary/aromatic N) is 4. The fourth-order valence-corrected chi connectivity index (χ4v) is 2.57. The molecule has 7 heteroatoms. The van der Waals surface area contributed by atoms with Crippen LogP contribution in [0.25, 0.3) is 10.9 Å². The van der Waals surface area contributed by atoms with E-state index in [-0.39, 0.29) is 5.02 Å². The molecule has 0 bridgehead atoms. The molecule has 0 fully saturated rings. The molecule has 0 atom stereocenters. The first-order chi connectivity index (χ1) is 12.5. The van der Waals surface area contributed by atoms with Crippen molar-refractivity contribution in [3.8, 4) is 0 Å². The zero-order valence-corrected chi connectivity index (χ0v) is 15.4. The summed E-state index contributed by atoms with van der Waals surface area (Å²) < 4.78 is 13.9. The molecule has 0 aliphatic carbocycles. The molecule has 136 valence electrons. The second-order valence-electron chi connectivity index (χ2n) is 6.11. The molecule has 0 N–H and O–H groups in total. The quantitative estimate of drug-likeness (QED) is 0.451. The molecule has 1 aromatic heterocycles. The van der Waals surface area contributed by atoms with Crippen molar-refractivity contribution in [1.82, 2.24) is 14.9 Å². The van der Waals surface area contributed by atoms with Crippen LogP contribution < -0.4 is 5.06 Å². The monoisotopic (exact) mass is 374 g/mol. The van der Waals surface area contributed by atoms with E-state index in [9.17, 15) is 4.39 Å². The molecule has 0 amide bonds. The molecule has 0 unspecified atom stereocenters. The van der Waals surface area contributed by atoms with Crippen molar-refractivity contribution in [3.63, 3.8) is 0 Å². The molecule has 0 saturated carbocycles. The van der Waals surface area contributed by atoms with Crippen LogP contribution in [0.4, 0.5) is 16.0 Å². The Morgan fingerprint density at radius 2 is 1.96 bits per heavy atom. The van der Waals surface area contributed by atoms with Gasteiger partial charge in [0.15, 0.2) is 0 Å². The highest BCUT2D eigenvalue weighted by molar-refractivity contribution is 6.30. The van der Waals surface area contributed by atoms with Crippen LogP contribution in [0.1, 0.15) is 6.42 Å². The summed E-state index contributed by atoms with van der Waals surface area (Å²) in [5.74, 6) is -0.179. The van der Waals surface area contributed by atoms with E-state index in [1.165, 1.54) is 17.2 Å². The Bertz CT molecular complexity index is 890. The van der Waals surface area contributed by atoms with Gasteiger partial charge in [0.2, 0.25) is 0 Å². The number of benzene rings is 2. The van der Waals surface area contributed by atoms with Crippen molar-refractivity contribution >= 4 is 34.1 Å². The Morgan fingerprint density at radius 3 is 2.73 bits per heavy atom. The largest absolute Gasteiger partial charge is 0.309 e. The van der Waals surface area contributed by atoms with Gasteiger partial charge in [0.05, 0.1) is 22.8 Å². The smallest absolute Gasteiger partial charge is 0.255 e. The van der Waals surface area contributed by atoms with Crippen molar-refractivity contribution in [2.75, 3.05) is 32.3 Å². The fourth-order valence-electron chi connectivity index (χ4n) is 2.46. The first-order valence-electron chi connectivity index (χ1n) is 8.29. The fraction of sp³-hybridized carbons (Fsp3) is 0.263. The number of para-hydroxylation sites is 1. The molecule has 0 spiro atoms. The number of hydrogen-bond donors (Lipinski definition) is 0. The van der Waals surface area contributed by atoms with Crippen LogP contribution in [0.2, 0.25) is 5.02 Å². The molecule has 0 aliphatic rings. The van der Waals surface area contributed by atoms with Gasteiger partial charge in [-0.2, -0.15) is 5.06 Å². The van der Waals surface area contributed by atoms with Gasteiger partial charge in [-0.15, -0.1) is 0 Å². The van der Waals surface area contributed by atoms with E-state index in [1.54, 1.807) is 12.3 Å². The molecule has 0 saturated heterocycles. The maximum absolute atomic E-state index is 13.9. The van der Waals surface area contributed by atoms with Gasteiger partial charge in [0, 0.05) is 17.6 Å². The third-order valence-corrected chi connectivity index (χ3v) is 4.07. The molecule has 5 nitrogen and oxygen atoms in total. The molecule has 26 heavy (non-hydrogen) atoms. The summed E-state index contributed by atoms with van der Waals surface area (Å²) in [7, 11) is 4.00. The Hall–Kier alpha value is -2.28. The summed E-state index contributed by atoms with van der Waals surface area (Å²) in [6, 6.07) is 12.1. The van der Waals surface area contributed by atoms with E-state index in [2.05, 4.69) is 14.9 Å². The average molecular weight is 375 g/mol. The third-order valence-electron chi connectivity index (χ3n) is 3.77. The lowest BCUT2D eigenvalue weighted by Gasteiger charge is -2.22. The Labute approximate surface area is 156 Å². The lowest BCUT2D eigenvalue weighted by atomic mass is 10.2. The maximum atomic E-state index is 13.9. The minimum Gasteiger partial charge on any atom is -0.309 e. The van der Waals surface area contributed by atoms with Crippen molar-refractivity contribution in [2.45, 2.75) is 6.42 Å². The first-order valence-corrected chi connectivity index (χ1v) is 8.67. The second kappa shape index (κ2) is 8.40. The zero-order chi connectivity index (χ0) is 18.5. The molecule has 0 radical (unpaired) electrons. The average Bonchev–Trinajstić information content (AvgIpc) is 2.63. The van der Waals surface area contributed by atoms with Gasteiger partial charge in [-0.1, -0.05) is 29.8 Å². The van der Waals surface area contributed by atoms with Gasteiger partial charge in [-0.05, 0) is 45.3 Å². The van der Waals surface area contributed by atoms with Gasteiger partial charge >= 0.3 is 0 Å². The van der Waals surface area contributed by atoms with Gasteiger partial charge in [0.1, 0.15) is 5.82 Å². The lowest BCUT2D eigenvalue weighted by Crippen LogP contribution is -2.23. The molecule has 2 aromatic carbocycles. The summed E-state index contributed by atoms with van der Waals surface area (Å²) in [5, 5.41) is 2.42. The standard InChI is InChI=1S/C19H20ClFN4O/c1-24(2)10-5-11-26-25(15-8-9-16(20)17(21)12-15)19-22-13-14-6-3-4-7-18(14)23-19/h3-4,6-9,12-13H,5,10-11H2,1-2H3. The molecule has 3 rings (SSSR count). The Kier molecular flexibility index (Phi) is 5.98. The molecular weight excluding hydrogens is 355 g/mol. The predicted molar refractivity (Wildman–Crippen MR) is 102 cm³/mol. The third kappa shape index (κ3) is 4.46. The molecule has 1 heterocycles. The predicted octanol–water partition coefficient (Wildman–Crippen LogP) is 4.44. The summed E-state index contributed by atoms with van der Waals surface area (Å²) in [4.78, 5) is 16.9. The van der Waals surface area contributed by atoms with E-state index >= 15 is 0 Å². The number of fused-ring (bicyclic) bond motifs is 1. The van der Waals surface area contributed by atoms with Crippen LogP contribution in [0.5, 0.6) is 0 Å². The summed E-state index contributed by atoms with van der Waals surface area (Å²) in [6.07, 6.45) is 2.53. The van der Waals surface area contributed by atoms with Crippen LogP contribution >= 0.6 is 11.6 Å². The van der Waals surface area contributed by atoms with Crippen molar-refractivity contribution < 1.29 is 9.23 Å². The number of aromatic nitrogens is 2. The van der Waals surface area contributed by atoms with E-state index in [4.69, 9.17) is 16.4 Å². The number of rotatable bonds is 7. The molecular formula is C19H20ClFN4O. The van der Waals surface area contributed by atoms with E-state index in [0.717, 1.165) is 23.9 Å². The summed E-state index contributed by atoms with van der Waals surface area (Å²) >= 11 is 5.80. The minimum absolute atomic E-state index is 0.0562.